The molecule has 0 radical (unpaired) electrons. The lowest BCUT2D eigenvalue weighted by molar-refractivity contribution is 0.152. The molecule has 116 valence electrons. The highest BCUT2D eigenvalue weighted by Crippen LogP contribution is 2.48. The summed E-state index contributed by atoms with van der Waals surface area (Å²) in [5.74, 6) is 0.619. The molecule has 0 amide bonds. The smallest absolute Gasteiger partial charge is 0.191 e. The molecule has 0 bridgehead atoms. The zero-order valence-corrected chi connectivity index (χ0v) is 12.8. The van der Waals surface area contributed by atoms with E-state index in [0.29, 0.717) is 26.3 Å². The fraction of sp³-hybridized carbons (Fsp3) is 0.562. The van der Waals surface area contributed by atoms with Gasteiger partial charge in [-0.15, -0.1) is 0 Å². The molecule has 1 aliphatic rings. The van der Waals surface area contributed by atoms with Crippen molar-refractivity contribution in [2.75, 3.05) is 33.4 Å². The monoisotopic (exact) mass is 293 g/mol. The minimum atomic E-state index is -0.115. The number of rotatable bonds is 7. The zero-order valence-electron chi connectivity index (χ0n) is 12.8. The van der Waals surface area contributed by atoms with Crippen LogP contribution in [0.15, 0.2) is 29.3 Å². The molecule has 0 aliphatic heterocycles. The Hall–Kier alpha value is -1.62. The lowest BCUT2D eigenvalue weighted by atomic mass is 9.95. The first-order chi connectivity index (χ1) is 10.2. The number of guanidine groups is 1. The van der Waals surface area contributed by atoms with Crippen LogP contribution >= 0.6 is 0 Å². The van der Waals surface area contributed by atoms with E-state index in [1.807, 2.05) is 19.1 Å². The highest BCUT2D eigenvalue weighted by Gasteiger charge is 2.45. The molecule has 1 fully saturated rings. The lowest BCUT2D eigenvalue weighted by Crippen LogP contribution is -2.42. The number of halogens is 1. The number of aliphatic imine (C=N–C) groups is 1. The Morgan fingerprint density at radius 3 is 2.71 bits per heavy atom. The fourth-order valence-corrected chi connectivity index (χ4v) is 2.44. The van der Waals surface area contributed by atoms with Crippen molar-refractivity contribution in [3.05, 3.63) is 35.6 Å². The minimum Gasteiger partial charge on any atom is -0.380 e. The van der Waals surface area contributed by atoms with E-state index in [2.05, 4.69) is 15.6 Å². The van der Waals surface area contributed by atoms with Gasteiger partial charge in [0.2, 0.25) is 0 Å². The van der Waals surface area contributed by atoms with Gasteiger partial charge in [-0.3, -0.25) is 4.99 Å². The first-order valence-electron chi connectivity index (χ1n) is 7.49. The molecular weight excluding hydrogens is 269 g/mol. The van der Waals surface area contributed by atoms with Crippen molar-refractivity contribution in [1.82, 2.24) is 10.6 Å². The third-order valence-electron chi connectivity index (χ3n) is 3.86. The Bertz CT molecular complexity index is 486. The van der Waals surface area contributed by atoms with Crippen LogP contribution in [0.5, 0.6) is 0 Å². The second kappa shape index (κ2) is 7.41. The van der Waals surface area contributed by atoms with Crippen LogP contribution in [0.25, 0.3) is 0 Å². The van der Waals surface area contributed by atoms with Crippen LogP contribution in [0.3, 0.4) is 0 Å². The van der Waals surface area contributed by atoms with E-state index in [0.717, 1.165) is 24.4 Å². The highest BCUT2D eigenvalue weighted by atomic mass is 19.1. The van der Waals surface area contributed by atoms with Gasteiger partial charge in [-0.05, 0) is 31.4 Å². The largest absolute Gasteiger partial charge is 0.380 e. The average Bonchev–Trinajstić information content (AvgIpc) is 3.28. The predicted molar refractivity (Wildman–Crippen MR) is 83.2 cm³/mol. The molecule has 5 heteroatoms. The van der Waals surface area contributed by atoms with Crippen molar-refractivity contribution in [1.29, 1.82) is 0 Å². The summed E-state index contributed by atoms with van der Waals surface area (Å²) in [5, 5.41) is 6.48. The summed E-state index contributed by atoms with van der Waals surface area (Å²) in [5.41, 5.74) is 0.727. The van der Waals surface area contributed by atoms with Gasteiger partial charge in [-0.1, -0.05) is 18.2 Å². The van der Waals surface area contributed by atoms with Crippen molar-refractivity contribution in [2.24, 2.45) is 4.99 Å². The Kier molecular flexibility index (Phi) is 5.56. The Labute approximate surface area is 125 Å². The van der Waals surface area contributed by atoms with Gasteiger partial charge in [-0.2, -0.15) is 0 Å². The molecule has 1 saturated carbocycles. The number of hydrogen-bond donors (Lipinski definition) is 2. The molecule has 0 unspecified atom stereocenters. The Morgan fingerprint density at radius 1 is 1.33 bits per heavy atom. The maximum absolute atomic E-state index is 13.9. The van der Waals surface area contributed by atoms with Crippen LogP contribution in [0.4, 0.5) is 4.39 Å². The number of nitrogens with zero attached hydrogens (tertiary/aromatic N) is 1. The summed E-state index contributed by atoms with van der Waals surface area (Å²) < 4.78 is 19.2. The fourth-order valence-electron chi connectivity index (χ4n) is 2.44. The standard InChI is InChI=1S/C16H24FN3O/c1-3-21-11-10-19-15(18-2)20-12-16(8-9-16)13-6-4-5-7-14(13)17/h4-7H,3,8-12H2,1-2H3,(H2,18,19,20). The maximum Gasteiger partial charge on any atom is 0.191 e. The van der Waals surface area contributed by atoms with Crippen LogP contribution in [-0.4, -0.2) is 39.3 Å². The normalized spacial score (nSPS) is 16.6. The van der Waals surface area contributed by atoms with Gasteiger partial charge in [0.25, 0.3) is 0 Å². The van der Waals surface area contributed by atoms with Gasteiger partial charge in [0, 0.05) is 32.2 Å². The highest BCUT2D eigenvalue weighted by molar-refractivity contribution is 5.79. The van der Waals surface area contributed by atoms with Crippen molar-refractivity contribution >= 4 is 5.96 Å². The number of ether oxygens (including phenoxy) is 1. The number of nitrogens with one attached hydrogen (secondary N) is 2. The van der Waals surface area contributed by atoms with Crippen LogP contribution in [0.1, 0.15) is 25.3 Å². The van der Waals surface area contributed by atoms with Gasteiger partial charge >= 0.3 is 0 Å². The molecular formula is C16H24FN3O. The van der Waals surface area contributed by atoms with E-state index in [4.69, 9.17) is 4.74 Å². The van der Waals surface area contributed by atoms with Crippen molar-refractivity contribution < 1.29 is 9.13 Å². The van der Waals surface area contributed by atoms with Gasteiger partial charge in [0.05, 0.1) is 6.61 Å². The number of hydrogen-bond acceptors (Lipinski definition) is 2. The zero-order chi connectivity index (χ0) is 15.1. The minimum absolute atomic E-state index is 0.0805. The summed E-state index contributed by atoms with van der Waals surface area (Å²) in [6, 6.07) is 7.05. The number of benzene rings is 1. The van der Waals surface area contributed by atoms with E-state index < -0.39 is 0 Å². The summed E-state index contributed by atoms with van der Waals surface area (Å²) in [4.78, 5) is 4.18. The molecule has 4 nitrogen and oxygen atoms in total. The third-order valence-corrected chi connectivity index (χ3v) is 3.86. The van der Waals surface area contributed by atoms with E-state index in [-0.39, 0.29) is 11.2 Å². The lowest BCUT2D eigenvalue weighted by Gasteiger charge is -2.19. The van der Waals surface area contributed by atoms with E-state index >= 15 is 0 Å². The molecule has 0 saturated heterocycles. The molecule has 0 atom stereocenters. The molecule has 1 aromatic carbocycles. The van der Waals surface area contributed by atoms with Gasteiger partial charge < -0.3 is 15.4 Å². The first kappa shape index (κ1) is 15.8. The SMILES string of the molecule is CCOCCNC(=NC)NCC1(c2ccccc2F)CC1. The van der Waals surface area contributed by atoms with Crippen LogP contribution in [0, 0.1) is 5.82 Å². The molecule has 0 aromatic heterocycles. The van der Waals surface area contributed by atoms with Crippen LogP contribution in [-0.2, 0) is 10.2 Å². The van der Waals surface area contributed by atoms with Gasteiger partial charge in [-0.25, -0.2) is 4.39 Å². The van der Waals surface area contributed by atoms with Crippen molar-refractivity contribution in [2.45, 2.75) is 25.2 Å². The van der Waals surface area contributed by atoms with Gasteiger partial charge in [0.15, 0.2) is 5.96 Å². The summed E-state index contributed by atoms with van der Waals surface area (Å²) in [6.45, 7) is 4.74. The van der Waals surface area contributed by atoms with E-state index in [1.54, 1.807) is 13.1 Å². The van der Waals surface area contributed by atoms with Gasteiger partial charge in [0.1, 0.15) is 5.82 Å². The molecule has 21 heavy (non-hydrogen) atoms. The van der Waals surface area contributed by atoms with E-state index in [1.165, 1.54) is 6.07 Å². The molecule has 1 aromatic rings. The average molecular weight is 293 g/mol. The second-order valence-electron chi connectivity index (χ2n) is 5.31. The topological polar surface area (TPSA) is 45.6 Å². The quantitative estimate of drug-likeness (QED) is 0.459. The summed E-state index contributed by atoms with van der Waals surface area (Å²) in [7, 11) is 1.73. The van der Waals surface area contributed by atoms with Crippen molar-refractivity contribution in [3.63, 3.8) is 0 Å². The first-order valence-corrected chi connectivity index (χ1v) is 7.49. The molecule has 0 spiro atoms. The van der Waals surface area contributed by atoms with Crippen LogP contribution in [0.2, 0.25) is 0 Å². The summed E-state index contributed by atoms with van der Waals surface area (Å²) in [6.07, 6.45) is 2.02. The second-order valence-corrected chi connectivity index (χ2v) is 5.31. The molecule has 1 aliphatic carbocycles. The molecule has 2 N–H and O–H groups in total. The van der Waals surface area contributed by atoms with Crippen LogP contribution < -0.4 is 10.6 Å². The van der Waals surface area contributed by atoms with Crippen molar-refractivity contribution in [3.8, 4) is 0 Å². The summed E-state index contributed by atoms with van der Waals surface area (Å²) >= 11 is 0. The predicted octanol–water partition coefficient (Wildman–Crippen LogP) is 2.06. The van der Waals surface area contributed by atoms with E-state index in [9.17, 15) is 4.39 Å². The molecule has 2 rings (SSSR count). The Balaban J connectivity index is 1.85. The maximum atomic E-state index is 13.9. The molecule has 0 heterocycles. The third kappa shape index (κ3) is 4.17. The Morgan fingerprint density at radius 2 is 2.10 bits per heavy atom.